The van der Waals surface area contributed by atoms with Crippen molar-refractivity contribution in [3.63, 3.8) is 0 Å². The second-order valence-corrected chi connectivity index (χ2v) is 5.06. The SMILES string of the molecule is COC(=O)C1CCC(NC(=O)c2cccc(F)c2)CC1. The number of hydrogen-bond donors (Lipinski definition) is 1. The Labute approximate surface area is 117 Å². The lowest BCUT2D eigenvalue weighted by Crippen LogP contribution is -2.38. The molecule has 0 heterocycles. The number of carbonyl (C=O) groups excluding carboxylic acids is 2. The minimum Gasteiger partial charge on any atom is -0.469 e. The molecule has 1 aromatic rings. The molecule has 1 fully saturated rings. The molecular formula is C15H18FNO3. The van der Waals surface area contributed by atoms with Gasteiger partial charge >= 0.3 is 5.97 Å². The van der Waals surface area contributed by atoms with Gasteiger partial charge in [-0.05, 0) is 43.9 Å². The largest absolute Gasteiger partial charge is 0.469 e. The number of benzene rings is 1. The number of nitrogens with one attached hydrogen (secondary N) is 1. The average molecular weight is 279 g/mol. The smallest absolute Gasteiger partial charge is 0.308 e. The van der Waals surface area contributed by atoms with Crippen LogP contribution < -0.4 is 5.32 Å². The third kappa shape index (κ3) is 3.56. The number of ether oxygens (including phenoxy) is 1. The van der Waals surface area contributed by atoms with Crippen molar-refractivity contribution < 1.29 is 18.7 Å². The van der Waals surface area contributed by atoms with E-state index in [1.807, 2.05) is 0 Å². The van der Waals surface area contributed by atoms with Crippen LogP contribution in [0, 0.1) is 11.7 Å². The van der Waals surface area contributed by atoms with Crippen molar-refractivity contribution in [1.82, 2.24) is 5.32 Å². The van der Waals surface area contributed by atoms with E-state index >= 15 is 0 Å². The molecule has 0 bridgehead atoms. The van der Waals surface area contributed by atoms with Crippen molar-refractivity contribution in [3.05, 3.63) is 35.6 Å². The molecule has 5 heteroatoms. The summed E-state index contributed by atoms with van der Waals surface area (Å²) in [5.74, 6) is -0.944. The third-order valence-electron chi connectivity index (χ3n) is 3.68. The van der Waals surface area contributed by atoms with Gasteiger partial charge < -0.3 is 10.1 Å². The van der Waals surface area contributed by atoms with Crippen molar-refractivity contribution in [1.29, 1.82) is 0 Å². The maximum atomic E-state index is 13.1. The molecule has 1 aliphatic rings. The number of halogens is 1. The van der Waals surface area contributed by atoms with E-state index in [4.69, 9.17) is 4.74 Å². The second-order valence-electron chi connectivity index (χ2n) is 5.06. The van der Waals surface area contributed by atoms with Crippen molar-refractivity contribution in [2.24, 2.45) is 5.92 Å². The van der Waals surface area contributed by atoms with E-state index in [1.165, 1.54) is 25.3 Å². The van der Waals surface area contributed by atoms with Gasteiger partial charge in [-0.25, -0.2) is 4.39 Å². The zero-order valence-corrected chi connectivity index (χ0v) is 11.4. The molecule has 0 spiro atoms. The van der Waals surface area contributed by atoms with Gasteiger partial charge in [0.05, 0.1) is 13.0 Å². The molecular weight excluding hydrogens is 261 g/mol. The molecule has 0 radical (unpaired) electrons. The van der Waals surface area contributed by atoms with Crippen LogP contribution in [0.15, 0.2) is 24.3 Å². The van der Waals surface area contributed by atoms with E-state index in [-0.39, 0.29) is 23.8 Å². The molecule has 0 atom stereocenters. The Morgan fingerprint density at radius 2 is 1.95 bits per heavy atom. The zero-order chi connectivity index (χ0) is 14.5. The predicted octanol–water partition coefficient (Wildman–Crippen LogP) is 2.29. The Morgan fingerprint density at radius 1 is 1.25 bits per heavy atom. The summed E-state index contributed by atoms with van der Waals surface area (Å²) in [5.41, 5.74) is 0.320. The van der Waals surface area contributed by atoms with Crippen molar-refractivity contribution >= 4 is 11.9 Å². The standard InChI is InChI=1S/C15H18FNO3/c1-20-15(19)10-5-7-13(8-6-10)17-14(18)11-3-2-4-12(16)9-11/h2-4,9-10,13H,5-8H2,1H3,(H,17,18). The maximum absolute atomic E-state index is 13.1. The zero-order valence-electron chi connectivity index (χ0n) is 11.4. The number of amides is 1. The highest BCUT2D eigenvalue weighted by molar-refractivity contribution is 5.94. The van der Waals surface area contributed by atoms with Gasteiger partial charge in [-0.1, -0.05) is 6.07 Å². The maximum Gasteiger partial charge on any atom is 0.308 e. The molecule has 1 amide bonds. The Kier molecular flexibility index (Phi) is 4.71. The van der Waals surface area contributed by atoms with Gasteiger partial charge in [-0.3, -0.25) is 9.59 Å². The van der Waals surface area contributed by atoms with Gasteiger partial charge in [0.1, 0.15) is 5.82 Å². The van der Waals surface area contributed by atoms with Crippen LogP contribution in [-0.4, -0.2) is 25.0 Å². The first-order chi connectivity index (χ1) is 9.60. The van der Waals surface area contributed by atoms with Crippen LogP contribution in [0.5, 0.6) is 0 Å². The highest BCUT2D eigenvalue weighted by atomic mass is 19.1. The summed E-state index contributed by atoms with van der Waals surface area (Å²) in [6.45, 7) is 0. The van der Waals surface area contributed by atoms with Gasteiger partial charge in [0, 0.05) is 11.6 Å². The summed E-state index contributed by atoms with van der Waals surface area (Å²) < 4.78 is 17.8. The summed E-state index contributed by atoms with van der Waals surface area (Å²) in [6, 6.07) is 5.65. The Hall–Kier alpha value is -1.91. The molecule has 20 heavy (non-hydrogen) atoms. The molecule has 2 rings (SSSR count). The Balaban J connectivity index is 1.86. The summed E-state index contributed by atoms with van der Waals surface area (Å²) in [6.07, 6.45) is 2.89. The van der Waals surface area contributed by atoms with Crippen LogP contribution in [-0.2, 0) is 9.53 Å². The van der Waals surface area contributed by atoms with Gasteiger partial charge in [0.25, 0.3) is 5.91 Å². The molecule has 1 aliphatic carbocycles. The number of hydrogen-bond acceptors (Lipinski definition) is 3. The minimum absolute atomic E-state index is 0.0340. The van der Waals surface area contributed by atoms with E-state index in [9.17, 15) is 14.0 Å². The van der Waals surface area contributed by atoms with Gasteiger partial charge in [0.2, 0.25) is 0 Å². The fourth-order valence-electron chi connectivity index (χ4n) is 2.54. The summed E-state index contributed by atoms with van der Waals surface area (Å²) in [4.78, 5) is 23.4. The Morgan fingerprint density at radius 3 is 2.55 bits per heavy atom. The first-order valence-electron chi connectivity index (χ1n) is 6.74. The van der Waals surface area contributed by atoms with Crippen LogP contribution in [0.1, 0.15) is 36.0 Å². The van der Waals surface area contributed by atoms with Crippen LogP contribution >= 0.6 is 0 Å². The molecule has 4 nitrogen and oxygen atoms in total. The molecule has 0 aliphatic heterocycles. The Bertz CT molecular complexity index is 496. The fraction of sp³-hybridized carbons (Fsp3) is 0.467. The van der Waals surface area contributed by atoms with Crippen LogP contribution in [0.4, 0.5) is 4.39 Å². The van der Waals surface area contributed by atoms with E-state index in [2.05, 4.69) is 5.32 Å². The van der Waals surface area contributed by atoms with E-state index in [0.717, 1.165) is 12.8 Å². The molecule has 0 saturated heterocycles. The van der Waals surface area contributed by atoms with Gasteiger partial charge in [-0.15, -0.1) is 0 Å². The van der Waals surface area contributed by atoms with E-state index in [0.29, 0.717) is 18.4 Å². The lowest BCUT2D eigenvalue weighted by molar-refractivity contribution is -0.146. The summed E-state index contributed by atoms with van der Waals surface area (Å²) in [7, 11) is 1.39. The summed E-state index contributed by atoms with van der Waals surface area (Å²) >= 11 is 0. The first kappa shape index (κ1) is 14.5. The minimum atomic E-state index is -0.424. The molecule has 108 valence electrons. The van der Waals surface area contributed by atoms with E-state index in [1.54, 1.807) is 6.07 Å². The number of rotatable bonds is 3. The van der Waals surface area contributed by atoms with Crippen molar-refractivity contribution in [2.75, 3.05) is 7.11 Å². The highest BCUT2D eigenvalue weighted by Crippen LogP contribution is 2.25. The first-order valence-corrected chi connectivity index (χ1v) is 6.74. The molecule has 1 aromatic carbocycles. The number of methoxy groups -OCH3 is 1. The lowest BCUT2D eigenvalue weighted by atomic mass is 9.86. The molecule has 0 unspecified atom stereocenters. The predicted molar refractivity (Wildman–Crippen MR) is 71.6 cm³/mol. The number of esters is 1. The third-order valence-corrected chi connectivity index (χ3v) is 3.68. The average Bonchev–Trinajstić information content (AvgIpc) is 2.47. The fourth-order valence-corrected chi connectivity index (χ4v) is 2.54. The van der Waals surface area contributed by atoms with Gasteiger partial charge in [0.15, 0.2) is 0 Å². The normalized spacial score (nSPS) is 22.1. The highest BCUT2D eigenvalue weighted by Gasteiger charge is 2.27. The van der Waals surface area contributed by atoms with Gasteiger partial charge in [-0.2, -0.15) is 0 Å². The quantitative estimate of drug-likeness (QED) is 0.864. The van der Waals surface area contributed by atoms with Crippen LogP contribution in [0.25, 0.3) is 0 Å². The van der Waals surface area contributed by atoms with Crippen molar-refractivity contribution in [2.45, 2.75) is 31.7 Å². The summed E-state index contributed by atoms with van der Waals surface area (Å²) in [5, 5.41) is 2.88. The number of carbonyl (C=O) groups is 2. The molecule has 1 N–H and O–H groups in total. The van der Waals surface area contributed by atoms with Crippen LogP contribution in [0.2, 0.25) is 0 Å². The van der Waals surface area contributed by atoms with Crippen molar-refractivity contribution in [3.8, 4) is 0 Å². The monoisotopic (exact) mass is 279 g/mol. The second kappa shape index (κ2) is 6.50. The topological polar surface area (TPSA) is 55.4 Å². The van der Waals surface area contributed by atoms with Crippen LogP contribution in [0.3, 0.4) is 0 Å². The lowest BCUT2D eigenvalue weighted by Gasteiger charge is -2.27. The molecule has 0 aromatic heterocycles. The molecule has 1 saturated carbocycles. The van der Waals surface area contributed by atoms with E-state index < -0.39 is 5.82 Å².